The molecule has 1 saturated heterocycles. The van der Waals surface area contributed by atoms with Gasteiger partial charge < -0.3 is 10.1 Å². The third-order valence-electron chi connectivity index (χ3n) is 2.85. The Morgan fingerprint density at radius 3 is 2.88 bits per heavy atom. The predicted molar refractivity (Wildman–Crippen MR) is 76.3 cm³/mol. The number of rotatable bonds is 2. The highest BCUT2D eigenvalue weighted by molar-refractivity contribution is 9.11. The van der Waals surface area contributed by atoms with Gasteiger partial charge in [-0.15, -0.1) is 0 Å². The number of halogens is 2. The van der Waals surface area contributed by atoms with E-state index in [9.17, 15) is 0 Å². The molecule has 2 heterocycles. The average molecular weight is 364 g/mol. The van der Waals surface area contributed by atoms with Crippen molar-refractivity contribution in [2.24, 2.45) is 0 Å². The molecule has 2 rings (SSSR count). The Labute approximate surface area is 119 Å². The van der Waals surface area contributed by atoms with Crippen molar-refractivity contribution in [2.45, 2.75) is 38.3 Å². The fourth-order valence-electron chi connectivity index (χ4n) is 2.07. The van der Waals surface area contributed by atoms with E-state index in [1.807, 2.05) is 6.07 Å². The Hall–Kier alpha value is -0.130. The highest BCUT2D eigenvalue weighted by atomic mass is 79.9. The van der Waals surface area contributed by atoms with Crippen LogP contribution in [-0.4, -0.2) is 23.2 Å². The van der Waals surface area contributed by atoms with Crippen LogP contribution in [0.3, 0.4) is 0 Å². The van der Waals surface area contributed by atoms with Crippen molar-refractivity contribution >= 4 is 37.7 Å². The summed E-state index contributed by atoms with van der Waals surface area (Å²) < 4.78 is 7.66. The molecule has 0 aliphatic carbocycles. The van der Waals surface area contributed by atoms with E-state index in [0.29, 0.717) is 6.04 Å². The van der Waals surface area contributed by atoms with Gasteiger partial charge in [0.05, 0.1) is 10.1 Å². The number of aromatic nitrogens is 1. The summed E-state index contributed by atoms with van der Waals surface area (Å²) in [5.41, 5.74) is -0.0439. The van der Waals surface area contributed by atoms with Gasteiger partial charge in [-0.05, 0) is 64.6 Å². The lowest BCUT2D eigenvalue weighted by Gasteiger charge is -2.36. The van der Waals surface area contributed by atoms with E-state index in [0.717, 1.165) is 34.2 Å². The normalized spacial score (nSPS) is 23.4. The van der Waals surface area contributed by atoms with Crippen LogP contribution in [0.1, 0.15) is 26.7 Å². The maximum Gasteiger partial charge on any atom is 0.140 e. The van der Waals surface area contributed by atoms with Gasteiger partial charge in [0.15, 0.2) is 0 Å². The summed E-state index contributed by atoms with van der Waals surface area (Å²) in [6, 6.07) is 2.42. The lowest BCUT2D eigenvalue weighted by Crippen LogP contribution is -2.40. The summed E-state index contributed by atoms with van der Waals surface area (Å²) in [6.45, 7) is 5.06. The molecule has 0 bridgehead atoms. The molecule has 17 heavy (non-hydrogen) atoms. The smallest absolute Gasteiger partial charge is 0.140 e. The minimum absolute atomic E-state index is 0.0439. The summed E-state index contributed by atoms with van der Waals surface area (Å²) in [7, 11) is 0. The van der Waals surface area contributed by atoms with E-state index >= 15 is 0 Å². The summed E-state index contributed by atoms with van der Waals surface area (Å²) >= 11 is 6.92. The molecule has 1 aromatic heterocycles. The number of hydrogen-bond acceptors (Lipinski definition) is 3. The number of nitrogens with zero attached hydrogens (tertiary/aromatic N) is 1. The van der Waals surface area contributed by atoms with Crippen LogP contribution < -0.4 is 5.32 Å². The van der Waals surface area contributed by atoms with Gasteiger partial charge in [0, 0.05) is 23.3 Å². The van der Waals surface area contributed by atoms with E-state index in [1.165, 1.54) is 0 Å². The van der Waals surface area contributed by atoms with Gasteiger partial charge in [-0.25, -0.2) is 4.98 Å². The molecule has 0 aromatic carbocycles. The van der Waals surface area contributed by atoms with Crippen molar-refractivity contribution in [1.29, 1.82) is 0 Å². The molecule has 1 fully saturated rings. The van der Waals surface area contributed by atoms with Crippen molar-refractivity contribution in [3.8, 4) is 0 Å². The number of pyridine rings is 1. The molecule has 0 amide bonds. The summed E-state index contributed by atoms with van der Waals surface area (Å²) in [5, 5.41) is 3.47. The van der Waals surface area contributed by atoms with Gasteiger partial charge in [0.1, 0.15) is 5.82 Å². The van der Waals surface area contributed by atoms with E-state index in [2.05, 4.69) is 56.0 Å². The zero-order chi connectivity index (χ0) is 12.5. The lowest BCUT2D eigenvalue weighted by atomic mass is 9.94. The predicted octanol–water partition coefficient (Wildman–Crippen LogP) is 3.98. The van der Waals surface area contributed by atoms with Crippen molar-refractivity contribution in [1.82, 2.24) is 4.98 Å². The number of anilines is 1. The molecule has 0 radical (unpaired) electrons. The van der Waals surface area contributed by atoms with E-state index in [-0.39, 0.29) is 5.60 Å². The van der Waals surface area contributed by atoms with Crippen LogP contribution in [0.2, 0.25) is 0 Å². The second-order valence-corrected chi connectivity index (χ2v) is 6.70. The second kappa shape index (κ2) is 5.24. The first-order valence-electron chi connectivity index (χ1n) is 5.68. The topological polar surface area (TPSA) is 34.2 Å². The van der Waals surface area contributed by atoms with Gasteiger partial charge >= 0.3 is 0 Å². The van der Waals surface area contributed by atoms with Crippen molar-refractivity contribution in [2.75, 3.05) is 11.9 Å². The number of nitrogens with one attached hydrogen (secondary N) is 1. The first-order valence-corrected chi connectivity index (χ1v) is 7.26. The molecular weight excluding hydrogens is 348 g/mol. The quantitative estimate of drug-likeness (QED) is 0.862. The zero-order valence-electron chi connectivity index (χ0n) is 9.96. The third-order valence-corrected chi connectivity index (χ3v) is 3.88. The molecule has 0 spiro atoms. The first-order chi connectivity index (χ1) is 7.96. The molecule has 3 nitrogen and oxygen atoms in total. The standard InChI is InChI=1S/C12H16Br2N2O/c1-12(2)6-9(3-4-17-12)16-11-10(14)5-8(13)7-15-11/h5,7,9H,3-4,6H2,1-2H3,(H,15,16). The van der Waals surface area contributed by atoms with E-state index in [4.69, 9.17) is 4.74 Å². The Balaban J connectivity index is 2.05. The third kappa shape index (κ3) is 3.66. The molecule has 1 aliphatic rings. The van der Waals surface area contributed by atoms with Crippen LogP contribution >= 0.6 is 31.9 Å². The van der Waals surface area contributed by atoms with Crippen LogP contribution in [0.15, 0.2) is 21.2 Å². The van der Waals surface area contributed by atoms with Crippen molar-refractivity contribution in [3.63, 3.8) is 0 Å². The minimum atomic E-state index is -0.0439. The van der Waals surface area contributed by atoms with Gasteiger partial charge in [0.2, 0.25) is 0 Å². The van der Waals surface area contributed by atoms with Crippen LogP contribution in [-0.2, 0) is 4.74 Å². The van der Waals surface area contributed by atoms with Crippen molar-refractivity contribution in [3.05, 3.63) is 21.2 Å². The van der Waals surface area contributed by atoms with Crippen LogP contribution in [0.5, 0.6) is 0 Å². The van der Waals surface area contributed by atoms with Gasteiger partial charge in [-0.3, -0.25) is 0 Å². The Bertz CT molecular complexity index is 409. The maximum absolute atomic E-state index is 5.70. The molecule has 1 aliphatic heterocycles. The number of ether oxygens (including phenoxy) is 1. The van der Waals surface area contributed by atoms with Crippen LogP contribution in [0.4, 0.5) is 5.82 Å². The summed E-state index contributed by atoms with van der Waals surface area (Å²) in [5.74, 6) is 0.899. The van der Waals surface area contributed by atoms with Crippen molar-refractivity contribution < 1.29 is 4.74 Å². The molecule has 1 N–H and O–H groups in total. The highest BCUT2D eigenvalue weighted by Crippen LogP contribution is 2.29. The molecule has 94 valence electrons. The van der Waals surface area contributed by atoms with Crippen LogP contribution in [0, 0.1) is 0 Å². The van der Waals surface area contributed by atoms with Gasteiger partial charge in [-0.2, -0.15) is 0 Å². The zero-order valence-corrected chi connectivity index (χ0v) is 13.1. The molecule has 0 saturated carbocycles. The largest absolute Gasteiger partial charge is 0.375 e. The number of hydrogen-bond donors (Lipinski definition) is 1. The Morgan fingerprint density at radius 2 is 2.24 bits per heavy atom. The summed E-state index contributed by atoms with van der Waals surface area (Å²) in [6.07, 6.45) is 3.82. The maximum atomic E-state index is 5.70. The first kappa shape index (κ1) is 13.3. The SMILES string of the molecule is CC1(C)CC(Nc2ncc(Br)cc2Br)CCO1. The van der Waals surface area contributed by atoms with Crippen LogP contribution in [0.25, 0.3) is 0 Å². The minimum Gasteiger partial charge on any atom is -0.375 e. The van der Waals surface area contributed by atoms with E-state index in [1.54, 1.807) is 6.20 Å². The second-order valence-electron chi connectivity index (χ2n) is 4.93. The van der Waals surface area contributed by atoms with E-state index < -0.39 is 0 Å². The molecule has 1 unspecified atom stereocenters. The fourth-order valence-corrected chi connectivity index (χ4v) is 3.17. The Morgan fingerprint density at radius 1 is 1.47 bits per heavy atom. The molecule has 1 atom stereocenters. The average Bonchev–Trinajstić information content (AvgIpc) is 2.21. The molecule has 1 aromatic rings. The summed E-state index contributed by atoms with van der Waals surface area (Å²) in [4.78, 5) is 4.37. The monoisotopic (exact) mass is 362 g/mol. The fraction of sp³-hybridized carbons (Fsp3) is 0.583. The molecule has 5 heteroatoms. The highest BCUT2D eigenvalue weighted by Gasteiger charge is 2.29. The van der Waals surface area contributed by atoms with Gasteiger partial charge in [-0.1, -0.05) is 0 Å². The lowest BCUT2D eigenvalue weighted by molar-refractivity contribution is -0.0553. The Kier molecular flexibility index (Phi) is 4.10. The van der Waals surface area contributed by atoms with Gasteiger partial charge in [0.25, 0.3) is 0 Å². The molecular formula is C12H16Br2N2O.